The predicted molar refractivity (Wildman–Crippen MR) is 540 cm³/mol. The molecule has 8 amide bonds. The van der Waals surface area contributed by atoms with Crippen molar-refractivity contribution >= 4 is 172 Å². The lowest BCUT2D eigenvalue weighted by Gasteiger charge is -2.29. The first-order valence-electron chi connectivity index (χ1n) is 43.2. The quantitative estimate of drug-likeness (QED) is 0.0249. The zero-order valence-corrected chi connectivity index (χ0v) is 77.6. The van der Waals surface area contributed by atoms with Crippen LogP contribution >= 0.6 is 55.1 Å². The van der Waals surface area contributed by atoms with Gasteiger partial charge in [-0.1, -0.05) is 122 Å². The monoisotopic (exact) mass is 2000 g/mol. The minimum atomic E-state index is -0.727. The Balaban J connectivity index is 0.000000173. The molecule has 4 aliphatic heterocycles. The molecule has 4 saturated heterocycles. The number of nitrogens with zero attached hydrogens (tertiary/aromatic N) is 8. The number of halogens is 6. The van der Waals surface area contributed by atoms with Gasteiger partial charge < -0.3 is 62.1 Å². The Hall–Kier alpha value is -14.6. The Labute approximate surface area is 813 Å². The van der Waals surface area contributed by atoms with Gasteiger partial charge in [0.15, 0.2) is 0 Å². The highest BCUT2D eigenvalue weighted by molar-refractivity contribution is 9.10. The Morgan fingerprint density at radius 1 is 0.287 bits per heavy atom. The van der Waals surface area contributed by atoms with Crippen LogP contribution in [0.1, 0.15) is 195 Å². The third kappa shape index (κ3) is 27.8. The number of carbonyl (C=O) groups excluding carboxylic acids is 8. The summed E-state index contributed by atoms with van der Waals surface area (Å²) in [4.78, 5) is 127. The molecule has 28 nitrogen and oxygen atoms in total. The van der Waals surface area contributed by atoms with Crippen molar-refractivity contribution in [1.82, 2.24) is 39.5 Å². The normalized spacial score (nSPS) is 12.9. The Morgan fingerprint density at radius 2 is 0.551 bits per heavy atom. The first-order chi connectivity index (χ1) is 64.6. The van der Waals surface area contributed by atoms with Gasteiger partial charge in [0.1, 0.15) is 58.2 Å². The molecule has 8 heterocycles. The van der Waals surface area contributed by atoms with Gasteiger partial charge in [-0.3, -0.25) is 60.0 Å². The number of aryl methyl sites for hydroxylation is 2. The number of likely N-dealkylation sites (tertiary alicyclic amines) is 4. The van der Waals surface area contributed by atoms with Crippen LogP contribution in [0.2, 0.25) is 10.0 Å². The van der Waals surface area contributed by atoms with E-state index < -0.39 is 41.2 Å². The molecule has 0 saturated carbocycles. The maximum Gasteiger partial charge on any atom is 0.258 e. The highest BCUT2D eigenvalue weighted by atomic mass is 79.9. The molecule has 0 bridgehead atoms. The van der Waals surface area contributed by atoms with E-state index in [1.165, 1.54) is 43.1 Å². The minimum absolute atomic E-state index is 0. The number of amides is 8. The van der Waals surface area contributed by atoms with Crippen molar-refractivity contribution in [3.05, 3.63) is 352 Å². The summed E-state index contributed by atoms with van der Waals surface area (Å²) < 4.78 is 31.2. The number of hydrogen-bond acceptors (Lipinski definition) is 16. The Kier molecular flexibility index (Phi) is 36.6. The number of benzene rings is 8. The first-order valence-corrected chi connectivity index (χ1v) is 45.5. The van der Waals surface area contributed by atoms with E-state index in [9.17, 15) is 47.1 Å². The van der Waals surface area contributed by atoms with Gasteiger partial charge in [0.2, 0.25) is 0 Å². The average Bonchev–Trinajstić information content (AvgIpc) is 1.02. The van der Waals surface area contributed by atoms with Crippen LogP contribution in [0, 0.1) is 47.1 Å². The van der Waals surface area contributed by atoms with Gasteiger partial charge in [0.05, 0.1) is 66.2 Å². The lowest BCUT2D eigenvalue weighted by Crippen LogP contribution is -2.35. The molecule has 4 aromatic heterocycles. The molecule has 0 radical (unpaired) electrons. The van der Waals surface area contributed by atoms with Crippen LogP contribution in [-0.4, -0.2) is 162 Å². The molecule has 700 valence electrons. The van der Waals surface area contributed by atoms with Gasteiger partial charge in [0.25, 0.3) is 47.3 Å². The standard InChI is InChI=1S/C26H26ClN5O2.C25H23BrFN5O2.C25H24ClN5O2.C24H21BrFN5O2.2CH4/c1-17-5-11-22(21(15-17)26(34)31-23-12-10-20(27)16-29-23)30-25(33)19-8-6-18(7-9-19)24(28)32-13-3-2-4-14-32;26-17-9-11-22(29-15-17)31-25(34)19-6-2-3-7-21(19)30-24(33)18-10-8-16(14-20(18)27)23(28)32-12-4-1-5-13-32;1-16-4-10-21(20(14-16)25(33)30-22-11-9-19(26)15-28-22)29-24(32)18-7-5-17(6-8-18)23(27)31-12-2-3-13-31;25-16-8-10-21(28-14-16)30-24(33)18-5-1-2-6-20(18)29-23(32)17-9-7-15(13-19(17)26)22(27)31-11-3-4-12-31;;/h5-12,15-16,28H,2-4,13-14H2,1H3,(H,30,33)(H,29,31,34);2-3,6-11,14-15,28H,1,4-5,12-13H2,(H,30,33)(H,29,31,34);4-11,14-15,27H,2-3,12-13H2,1H3,(H,29,32)(H,28,30,33);1-2,5-10,13-14,27H,3-4,11-12H2,(H,29,32)(H,28,30,33);2*1H4. The molecule has 16 rings (SSSR count). The van der Waals surface area contributed by atoms with Gasteiger partial charge in [-0.25, -0.2) is 28.7 Å². The number of anilines is 8. The molecular formula is C102H102Br2Cl2F2N20O8. The van der Waals surface area contributed by atoms with Crippen molar-refractivity contribution in [3.63, 3.8) is 0 Å². The van der Waals surface area contributed by atoms with Crippen molar-refractivity contribution in [2.24, 2.45) is 0 Å². The van der Waals surface area contributed by atoms with E-state index in [-0.39, 0.29) is 77.9 Å². The first kappa shape index (κ1) is 102. The van der Waals surface area contributed by atoms with E-state index in [2.05, 4.69) is 99.2 Å². The summed E-state index contributed by atoms with van der Waals surface area (Å²) in [5.41, 5.74) is 7.08. The number of amidine groups is 4. The van der Waals surface area contributed by atoms with E-state index in [0.717, 1.165) is 141 Å². The zero-order valence-electron chi connectivity index (χ0n) is 72.9. The molecule has 0 aliphatic carbocycles. The van der Waals surface area contributed by atoms with Crippen LogP contribution in [-0.2, 0) is 0 Å². The second-order valence-electron chi connectivity index (χ2n) is 31.7. The molecule has 12 aromatic rings. The van der Waals surface area contributed by atoms with E-state index in [1.54, 1.807) is 194 Å². The number of hydrogen-bond donors (Lipinski definition) is 12. The van der Waals surface area contributed by atoms with Gasteiger partial charge in [0, 0.05) is 119 Å². The summed E-state index contributed by atoms with van der Waals surface area (Å²) in [5.74, 6) is -2.29. The van der Waals surface area contributed by atoms with Crippen molar-refractivity contribution in [2.75, 3.05) is 94.9 Å². The van der Waals surface area contributed by atoms with Crippen LogP contribution in [0.15, 0.2) is 252 Å². The Bertz CT molecular complexity index is 6360. The summed E-state index contributed by atoms with van der Waals surface area (Å²) in [6, 6.07) is 58.9. The van der Waals surface area contributed by atoms with Crippen LogP contribution in [0.3, 0.4) is 0 Å². The third-order valence-electron chi connectivity index (χ3n) is 22.1. The number of pyridine rings is 4. The highest BCUT2D eigenvalue weighted by Gasteiger charge is 2.27. The number of carbonyl (C=O) groups is 8. The fourth-order valence-corrected chi connectivity index (χ4v) is 15.6. The zero-order chi connectivity index (χ0) is 94.9. The van der Waals surface area contributed by atoms with Crippen molar-refractivity contribution < 1.29 is 47.1 Å². The minimum Gasteiger partial charge on any atom is -0.357 e. The Morgan fingerprint density at radius 3 is 0.860 bits per heavy atom. The average molecular weight is 2000 g/mol. The van der Waals surface area contributed by atoms with Crippen molar-refractivity contribution in [3.8, 4) is 0 Å². The summed E-state index contributed by atoms with van der Waals surface area (Å²) in [7, 11) is 0. The summed E-state index contributed by atoms with van der Waals surface area (Å²) in [6.07, 6.45) is 16.8. The summed E-state index contributed by atoms with van der Waals surface area (Å²) in [6.45, 7) is 10.4. The van der Waals surface area contributed by atoms with Gasteiger partial charge >= 0.3 is 0 Å². The van der Waals surface area contributed by atoms with Crippen LogP contribution < -0.4 is 42.5 Å². The lowest BCUT2D eigenvalue weighted by atomic mass is 10.1. The van der Waals surface area contributed by atoms with Gasteiger partial charge in [-0.2, -0.15) is 0 Å². The van der Waals surface area contributed by atoms with Crippen molar-refractivity contribution in [1.29, 1.82) is 21.6 Å². The molecule has 4 aliphatic rings. The van der Waals surface area contributed by atoms with Gasteiger partial charge in [-0.05, 0) is 256 Å². The number of piperidine rings is 2. The van der Waals surface area contributed by atoms with Crippen LogP contribution in [0.4, 0.5) is 54.8 Å². The molecule has 8 aromatic carbocycles. The largest absolute Gasteiger partial charge is 0.357 e. The van der Waals surface area contributed by atoms with E-state index >= 15 is 0 Å². The van der Waals surface area contributed by atoms with Gasteiger partial charge in [-0.15, -0.1) is 0 Å². The second kappa shape index (κ2) is 48.9. The molecule has 0 spiro atoms. The molecule has 12 N–H and O–H groups in total. The molecule has 0 unspecified atom stereocenters. The fourth-order valence-electron chi connectivity index (χ4n) is 14.9. The van der Waals surface area contributed by atoms with Crippen LogP contribution in [0.5, 0.6) is 0 Å². The molecule has 136 heavy (non-hydrogen) atoms. The third-order valence-corrected chi connectivity index (χ3v) is 23.4. The van der Waals surface area contributed by atoms with E-state index in [1.807, 2.05) is 40.7 Å². The SMILES string of the molecule is C.C.Cc1ccc(NC(=O)c2ccc(C(=N)N3CCCC3)cc2)c(C(=O)Nc2ccc(Cl)cn2)c1.Cc1ccc(NC(=O)c2ccc(C(=N)N3CCCCC3)cc2)c(C(=O)Nc2ccc(Cl)cn2)c1.N=C(c1ccc(C(=O)Nc2ccccc2C(=O)Nc2ccc(Br)cn2)c(F)c1)N1CCCC1.N=C(c1ccc(C(=O)Nc2ccccc2C(=O)Nc2ccc(Br)cn2)c(F)c1)N1CCCCC1. The molecule has 0 atom stereocenters. The van der Waals surface area contributed by atoms with E-state index in [4.69, 9.17) is 44.8 Å². The number of nitrogens with one attached hydrogen (secondary N) is 12. The maximum absolute atomic E-state index is 14.8. The fraction of sp³-hybridized carbons (Fsp3) is 0.216. The molecule has 34 heteroatoms. The smallest absolute Gasteiger partial charge is 0.258 e. The van der Waals surface area contributed by atoms with E-state index in [0.29, 0.717) is 89.7 Å². The van der Waals surface area contributed by atoms with Crippen molar-refractivity contribution in [2.45, 2.75) is 92.9 Å². The predicted octanol–water partition coefficient (Wildman–Crippen LogP) is 21.8. The molecular weight excluding hydrogens is 1900 g/mol. The lowest BCUT2D eigenvalue weighted by molar-refractivity contribution is 0.100. The maximum atomic E-state index is 14.8. The highest BCUT2D eigenvalue weighted by Crippen LogP contribution is 2.29. The topological polar surface area (TPSA) is 393 Å². The number of para-hydroxylation sites is 2. The molecule has 4 fully saturated rings. The second-order valence-corrected chi connectivity index (χ2v) is 34.4. The van der Waals surface area contributed by atoms with Crippen LogP contribution in [0.25, 0.3) is 0 Å². The number of aromatic nitrogens is 4. The summed E-state index contributed by atoms with van der Waals surface area (Å²) >= 11 is 18.3. The summed E-state index contributed by atoms with van der Waals surface area (Å²) in [5, 5.41) is 56.1. The number of rotatable bonds is 20.